The van der Waals surface area contributed by atoms with E-state index in [4.69, 9.17) is 4.74 Å². The summed E-state index contributed by atoms with van der Waals surface area (Å²) in [7, 11) is 0. The average Bonchev–Trinajstić information content (AvgIpc) is 2.88. The summed E-state index contributed by atoms with van der Waals surface area (Å²) in [6, 6.07) is 15.7. The molecule has 0 spiro atoms. The normalized spacial score (nSPS) is 12.9. The third-order valence-electron chi connectivity index (χ3n) is 6.62. The van der Waals surface area contributed by atoms with E-state index in [-0.39, 0.29) is 17.7 Å². The first kappa shape index (κ1) is 32.9. The van der Waals surface area contributed by atoms with Crippen molar-refractivity contribution in [1.29, 1.82) is 0 Å². The number of carbonyl (C=O) groups is 3. The van der Waals surface area contributed by atoms with Crippen molar-refractivity contribution in [2.24, 2.45) is 5.92 Å². The van der Waals surface area contributed by atoms with Crippen molar-refractivity contribution in [3.05, 3.63) is 71.3 Å². The molecule has 2 unspecified atom stereocenters. The van der Waals surface area contributed by atoms with Crippen LogP contribution in [0.25, 0.3) is 0 Å². The van der Waals surface area contributed by atoms with Gasteiger partial charge in [0.05, 0.1) is 0 Å². The van der Waals surface area contributed by atoms with Crippen LogP contribution in [0, 0.1) is 12.8 Å². The van der Waals surface area contributed by atoms with Crippen molar-refractivity contribution in [2.75, 3.05) is 6.54 Å². The van der Waals surface area contributed by atoms with Crippen LogP contribution in [-0.2, 0) is 20.9 Å². The first-order valence-electron chi connectivity index (χ1n) is 14.6. The molecule has 220 valence electrons. The zero-order valence-electron chi connectivity index (χ0n) is 25.5. The summed E-state index contributed by atoms with van der Waals surface area (Å²) < 4.78 is 5.47. The van der Waals surface area contributed by atoms with Gasteiger partial charge in [0.15, 0.2) is 0 Å². The molecule has 0 heterocycles. The second-order valence-corrected chi connectivity index (χ2v) is 11.8. The third-order valence-corrected chi connectivity index (χ3v) is 6.62. The highest BCUT2D eigenvalue weighted by Crippen LogP contribution is 2.26. The van der Waals surface area contributed by atoms with Crippen LogP contribution in [0.1, 0.15) is 96.4 Å². The maximum absolute atomic E-state index is 14.3. The van der Waals surface area contributed by atoms with E-state index in [0.29, 0.717) is 13.1 Å². The SMILES string of the molecule is CCCCCCCN(C(=O)C(NC(=O)OC(C)(C)C)C(C)C)C(C(=O)NCc1ccccc1)c1cccc(C)c1. The molecule has 2 aromatic rings. The fourth-order valence-electron chi connectivity index (χ4n) is 4.57. The molecule has 0 saturated heterocycles. The molecular weight excluding hydrogens is 502 g/mol. The van der Waals surface area contributed by atoms with Gasteiger partial charge in [-0.3, -0.25) is 9.59 Å². The lowest BCUT2D eigenvalue weighted by atomic mass is 9.97. The molecule has 2 rings (SSSR count). The summed E-state index contributed by atoms with van der Waals surface area (Å²) in [6.07, 6.45) is 4.38. The van der Waals surface area contributed by atoms with E-state index in [0.717, 1.165) is 48.8 Å². The number of hydrogen-bond donors (Lipinski definition) is 2. The summed E-state index contributed by atoms with van der Waals surface area (Å²) in [4.78, 5) is 42.5. The number of ether oxygens (including phenoxy) is 1. The number of amides is 3. The van der Waals surface area contributed by atoms with Gasteiger partial charge >= 0.3 is 6.09 Å². The number of carbonyl (C=O) groups excluding carboxylic acids is 3. The molecule has 0 bridgehead atoms. The van der Waals surface area contributed by atoms with Crippen molar-refractivity contribution in [2.45, 2.75) is 105 Å². The summed E-state index contributed by atoms with van der Waals surface area (Å²) in [5.74, 6) is -0.762. The highest BCUT2D eigenvalue weighted by Gasteiger charge is 2.37. The van der Waals surface area contributed by atoms with Gasteiger partial charge in [-0.25, -0.2) is 4.79 Å². The molecule has 0 aliphatic carbocycles. The van der Waals surface area contributed by atoms with Gasteiger partial charge in [0.25, 0.3) is 0 Å². The van der Waals surface area contributed by atoms with Crippen LogP contribution in [-0.4, -0.2) is 41.0 Å². The minimum absolute atomic E-state index is 0.215. The molecule has 2 N–H and O–H groups in total. The van der Waals surface area contributed by atoms with Crippen molar-refractivity contribution in [1.82, 2.24) is 15.5 Å². The fourth-order valence-corrected chi connectivity index (χ4v) is 4.57. The topological polar surface area (TPSA) is 87.7 Å². The number of alkyl carbamates (subject to hydrolysis) is 1. The first-order chi connectivity index (χ1) is 18.9. The van der Waals surface area contributed by atoms with Crippen LogP contribution in [0.4, 0.5) is 4.79 Å². The van der Waals surface area contributed by atoms with Crippen molar-refractivity contribution < 1.29 is 19.1 Å². The van der Waals surface area contributed by atoms with E-state index in [2.05, 4.69) is 17.6 Å². The lowest BCUT2D eigenvalue weighted by molar-refractivity contribution is -0.143. The van der Waals surface area contributed by atoms with E-state index in [1.165, 1.54) is 0 Å². The highest BCUT2D eigenvalue weighted by atomic mass is 16.6. The molecular formula is C33H49N3O4. The predicted molar refractivity (Wildman–Crippen MR) is 161 cm³/mol. The molecule has 0 aromatic heterocycles. The maximum atomic E-state index is 14.3. The van der Waals surface area contributed by atoms with Gasteiger partial charge < -0.3 is 20.3 Å². The molecule has 0 radical (unpaired) electrons. The Morgan fingerprint density at radius 2 is 1.60 bits per heavy atom. The maximum Gasteiger partial charge on any atom is 0.408 e. The van der Waals surface area contributed by atoms with E-state index >= 15 is 0 Å². The Bertz CT molecular complexity index is 1080. The summed E-state index contributed by atoms with van der Waals surface area (Å²) >= 11 is 0. The number of unbranched alkanes of at least 4 members (excludes halogenated alkanes) is 4. The monoisotopic (exact) mass is 551 g/mol. The number of nitrogens with zero attached hydrogens (tertiary/aromatic N) is 1. The summed E-state index contributed by atoms with van der Waals surface area (Å²) in [5, 5.41) is 5.85. The molecule has 7 nitrogen and oxygen atoms in total. The van der Waals surface area contributed by atoms with Crippen LogP contribution >= 0.6 is 0 Å². The molecule has 0 aliphatic rings. The van der Waals surface area contributed by atoms with E-state index in [1.807, 2.05) is 75.4 Å². The van der Waals surface area contributed by atoms with Gasteiger partial charge in [-0.05, 0) is 51.2 Å². The molecule has 2 atom stereocenters. The van der Waals surface area contributed by atoms with Crippen LogP contribution in [0.5, 0.6) is 0 Å². The Balaban J connectivity index is 2.44. The molecule has 0 aliphatic heterocycles. The number of benzene rings is 2. The standard InChI is InChI=1S/C33H49N3O4/c1-8-9-10-11-15-21-36(31(38)28(24(2)3)35-32(39)40-33(5,6)7)29(27-20-16-17-25(4)22-27)30(37)34-23-26-18-13-12-14-19-26/h12-14,16-20,22,24,28-29H,8-11,15,21,23H2,1-7H3,(H,34,37)(H,35,39). The first-order valence-corrected chi connectivity index (χ1v) is 14.6. The number of rotatable bonds is 14. The highest BCUT2D eigenvalue weighted by molar-refractivity contribution is 5.92. The molecule has 40 heavy (non-hydrogen) atoms. The van der Waals surface area contributed by atoms with E-state index in [9.17, 15) is 14.4 Å². The lowest BCUT2D eigenvalue weighted by Gasteiger charge is -2.36. The van der Waals surface area contributed by atoms with Gasteiger partial charge in [-0.15, -0.1) is 0 Å². The smallest absolute Gasteiger partial charge is 0.408 e. The Morgan fingerprint density at radius 1 is 0.925 bits per heavy atom. The van der Waals surface area contributed by atoms with E-state index < -0.39 is 23.8 Å². The van der Waals surface area contributed by atoms with Crippen molar-refractivity contribution in [3.8, 4) is 0 Å². The second-order valence-electron chi connectivity index (χ2n) is 11.8. The minimum Gasteiger partial charge on any atom is -0.444 e. The van der Waals surface area contributed by atoms with Crippen LogP contribution < -0.4 is 10.6 Å². The Labute approximate surface area is 241 Å². The second kappa shape index (κ2) is 16.0. The van der Waals surface area contributed by atoms with Crippen molar-refractivity contribution in [3.63, 3.8) is 0 Å². The van der Waals surface area contributed by atoms with Gasteiger partial charge in [-0.1, -0.05) is 107 Å². The zero-order valence-corrected chi connectivity index (χ0v) is 25.5. The van der Waals surface area contributed by atoms with Crippen LogP contribution in [0.15, 0.2) is 54.6 Å². The minimum atomic E-state index is -0.847. The summed E-state index contributed by atoms with van der Waals surface area (Å²) in [5.41, 5.74) is 2.02. The fraction of sp³-hybridized carbons (Fsp3) is 0.545. The number of aryl methyl sites for hydroxylation is 1. The van der Waals surface area contributed by atoms with Crippen LogP contribution in [0.2, 0.25) is 0 Å². The number of hydrogen-bond acceptors (Lipinski definition) is 4. The van der Waals surface area contributed by atoms with Gasteiger partial charge in [0, 0.05) is 13.1 Å². The predicted octanol–water partition coefficient (Wildman–Crippen LogP) is 6.70. The molecule has 3 amide bonds. The molecule has 0 saturated carbocycles. The quantitative estimate of drug-likeness (QED) is 0.256. The molecule has 7 heteroatoms. The Morgan fingerprint density at radius 3 is 2.20 bits per heavy atom. The third kappa shape index (κ3) is 11.0. The van der Waals surface area contributed by atoms with Gasteiger partial charge in [0.1, 0.15) is 17.7 Å². The Hall–Kier alpha value is -3.35. The lowest BCUT2D eigenvalue weighted by Crippen LogP contribution is -2.55. The Kier molecular flexibility index (Phi) is 13.2. The van der Waals surface area contributed by atoms with E-state index in [1.54, 1.807) is 25.7 Å². The van der Waals surface area contributed by atoms with Gasteiger partial charge in [0.2, 0.25) is 11.8 Å². The van der Waals surface area contributed by atoms with Crippen molar-refractivity contribution >= 4 is 17.9 Å². The zero-order chi connectivity index (χ0) is 29.7. The average molecular weight is 552 g/mol. The molecule has 0 fully saturated rings. The summed E-state index contributed by atoms with van der Waals surface area (Å²) in [6.45, 7) is 14.0. The van der Waals surface area contributed by atoms with Crippen LogP contribution in [0.3, 0.4) is 0 Å². The number of nitrogens with one attached hydrogen (secondary N) is 2. The molecule has 2 aromatic carbocycles. The largest absolute Gasteiger partial charge is 0.444 e. The van der Waals surface area contributed by atoms with Gasteiger partial charge in [-0.2, -0.15) is 0 Å².